The highest BCUT2D eigenvalue weighted by Crippen LogP contribution is 2.41. The van der Waals surface area contributed by atoms with E-state index in [2.05, 4.69) is 15.3 Å². The quantitative estimate of drug-likeness (QED) is 0.309. The number of allylic oxidation sites excluding steroid dienone is 1. The number of halogens is 3. The summed E-state index contributed by atoms with van der Waals surface area (Å²) in [6, 6.07) is 1.07. The molecule has 0 radical (unpaired) electrons. The van der Waals surface area contributed by atoms with Crippen molar-refractivity contribution in [2.45, 2.75) is 56.2 Å². The summed E-state index contributed by atoms with van der Waals surface area (Å²) in [4.78, 5) is 33.2. The molecule has 1 aromatic heterocycles. The highest BCUT2D eigenvalue weighted by atomic mass is 35.5. The van der Waals surface area contributed by atoms with Crippen molar-refractivity contribution in [1.82, 2.24) is 14.6 Å². The molecule has 10 nitrogen and oxygen atoms in total. The predicted octanol–water partition coefficient (Wildman–Crippen LogP) is 4.67. The number of thiazole rings is 1. The van der Waals surface area contributed by atoms with E-state index in [4.69, 9.17) is 21.4 Å². The molecule has 3 heterocycles. The maximum atomic E-state index is 14.6. The number of amidine groups is 1. The Morgan fingerprint density at radius 1 is 1.16 bits per heavy atom. The minimum absolute atomic E-state index is 0.0135. The number of piperidine rings is 1. The Morgan fingerprint density at radius 3 is 2.47 bits per heavy atom. The van der Waals surface area contributed by atoms with Crippen LogP contribution in [0.2, 0.25) is 5.02 Å². The summed E-state index contributed by atoms with van der Waals surface area (Å²) in [7, 11) is -2.40. The Bertz CT molecular complexity index is 1550. The average molecular weight is 657 g/mol. The standard InChI is InChI=1S/C28H31ClF2N4O6S2/c1-41-28(38)21-24(16-8-11-35(12-9-16)43(39,40)17-4-2-15(3-5-17)14-20(36)37)33-26(27-32-10-13-42-27)34-25(21)18-6-7-19(30)23(31)22(18)29/h6-7,10,13,15-17,25H,2-5,8-9,11-12,14H2,1H3,(H,33,34)(H,36,37)/t15-,17-,25?. The number of carbonyl (C=O) groups excluding carboxylic acids is 1. The summed E-state index contributed by atoms with van der Waals surface area (Å²) in [5.41, 5.74) is 0.602. The molecule has 1 unspecified atom stereocenters. The fourth-order valence-electron chi connectivity index (χ4n) is 6.14. The SMILES string of the molecule is COC(=O)C1=C(C2CCN(S(=O)(=O)[C@H]3CC[C@H](CC(=O)O)CC3)CC2)NC(c2nccs2)=NC1c1ccc(F)c(F)c1Cl. The minimum atomic E-state index is -3.61. The van der Waals surface area contributed by atoms with E-state index in [1.807, 2.05) is 0 Å². The lowest BCUT2D eigenvalue weighted by molar-refractivity contribution is -0.138. The van der Waals surface area contributed by atoms with Gasteiger partial charge in [0.1, 0.15) is 6.04 Å². The van der Waals surface area contributed by atoms with E-state index in [-0.39, 0.29) is 42.5 Å². The molecule has 2 aromatic rings. The Morgan fingerprint density at radius 2 is 1.86 bits per heavy atom. The van der Waals surface area contributed by atoms with Gasteiger partial charge in [0.2, 0.25) is 10.0 Å². The van der Waals surface area contributed by atoms with Gasteiger partial charge in [-0.05, 0) is 50.5 Å². The number of methoxy groups -OCH3 is 1. The lowest BCUT2D eigenvalue weighted by Gasteiger charge is -2.38. The Labute approximate surface area is 256 Å². The Kier molecular flexibility index (Phi) is 9.49. The number of aliphatic carboxylic acids is 1. The molecule has 1 atom stereocenters. The monoisotopic (exact) mass is 656 g/mol. The van der Waals surface area contributed by atoms with Gasteiger partial charge in [0.05, 0.1) is 23.0 Å². The number of benzene rings is 1. The van der Waals surface area contributed by atoms with Crippen LogP contribution in [0.4, 0.5) is 8.78 Å². The Balaban J connectivity index is 1.42. The van der Waals surface area contributed by atoms with E-state index < -0.39 is 49.9 Å². The van der Waals surface area contributed by atoms with E-state index in [0.717, 1.165) is 6.07 Å². The fourth-order valence-corrected chi connectivity index (χ4v) is 8.99. The molecule has 0 spiro atoms. The number of hydrogen-bond acceptors (Lipinski definition) is 9. The first-order valence-corrected chi connectivity index (χ1v) is 16.7. The number of hydrogen-bond donors (Lipinski definition) is 2. The summed E-state index contributed by atoms with van der Waals surface area (Å²) < 4.78 is 62.1. The number of ether oxygens (including phenoxy) is 1. The number of carbonyl (C=O) groups is 2. The van der Waals surface area contributed by atoms with Gasteiger partial charge in [-0.25, -0.2) is 31.3 Å². The van der Waals surface area contributed by atoms with Crippen molar-refractivity contribution < 1.29 is 36.6 Å². The van der Waals surface area contributed by atoms with Crippen molar-refractivity contribution in [3.8, 4) is 0 Å². The van der Waals surface area contributed by atoms with Crippen LogP contribution in [0.3, 0.4) is 0 Å². The van der Waals surface area contributed by atoms with Crippen LogP contribution in [0.15, 0.2) is 40.0 Å². The molecular weight excluding hydrogens is 626 g/mol. The molecule has 0 amide bonds. The van der Waals surface area contributed by atoms with Gasteiger partial charge in [-0.2, -0.15) is 0 Å². The first-order valence-electron chi connectivity index (χ1n) is 13.9. The summed E-state index contributed by atoms with van der Waals surface area (Å²) >= 11 is 7.53. The fraction of sp³-hybridized carbons (Fsp3) is 0.500. The summed E-state index contributed by atoms with van der Waals surface area (Å²) in [6.45, 7) is 0.421. The van der Waals surface area contributed by atoms with Crippen LogP contribution in [0.25, 0.3) is 0 Å². The van der Waals surface area contributed by atoms with Crippen LogP contribution < -0.4 is 5.32 Å². The number of sulfonamides is 1. The highest BCUT2D eigenvalue weighted by Gasteiger charge is 2.41. The molecule has 0 bridgehead atoms. The lowest BCUT2D eigenvalue weighted by Crippen LogP contribution is -2.46. The molecule has 2 aliphatic heterocycles. The molecule has 43 heavy (non-hydrogen) atoms. The molecule has 15 heteroatoms. The molecule has 3 aliphatic rings. The third-order valence-corrected chi connectivity index (χ3v) is 11.9. The second-order valence-corrected chi connectivity index (χ2v) is 14.4. The number of nitrogens with zero attached hydrogens (tertiary/aromatic N) is 3. The maximum Gasteiger partial charge on any atom is 0.338 e. The van der Waals surface area contributed by atoms with Crippen LogP contribution in [-0.2, 0) is 24.3 Å². The second-order valence-electron chi connectivity index (χ2n) is 10.9. The van der Waals surface area contributed by atoms with Gasteiger partial charge in [0.25, 0.3) is 0 Å². The average Bonchev–Trinajstić information content (AvgIpc) is 3.54. The number of rotatable bonds is 8. The van der Waals surface area contributed by atoms with Crippen LogP contribution in [-0.4, -0.2) is 66.0 Å². The van der Waals surface area contributed by atoms with Gasteiger partial charge in [0, 0.05) is 48.3 Å². The number of aromatic nitrogens is 1. The smallest absolute Gasteiger partial charge is 0.338 e. The number of carboxylic acids is 1. The van der Waals surface area contributed by atoms with Crippen LogP contribution in [0.5, 0.6) is 0 Å². The first-order chi connectivity index (χ1) is 20.5. The third kappa shape index (κ3) is 6.47. The zero-order chi connectivity index (χ0) is 30.9. The number of esters is 1. The minimum Gasteiger partial charge on any atom is -0.481 e. The van der Waals surface area contributed by atoms with Crippen molar-refractivity contribution >= 4 is 50.7 Å². The number of nitrogens with one attached hydrogen (secondary N) is 1. The van der Waals surface area contributed by atoms with Gasteiger partial charge in [-0.3, -0.25) is 9.79 Å². The largest absolute Gasteiger partial charge is 0.481 e. The zero-order valence-electron chi connectivity index (χ0n) is 23.3. The van der Waals surface area contributed by atoms with Crippen molar-refractivity contribution in [3.63, 3.8) is 0 Å². The van der Waals surface area contributed by atoms with Crippen LogP contribution in [0.1, 0.15) is 61.6 Å². The first kappa shape index (κ1) is 31.5. The third-order valence-electron chi connectivity index (χ3n) is 8.38. The van der Waals surface area contributed by atoms with Gasteiger partial charge in [0.15, 0.2) is 22.5 Å². The van der Waals surface area contributed by atoms with Gasteiger partial charge >= 0.3 is 11.9 Å². The normalized spacial score (nSPS) is 23.9. The number of aliphatic imine (C=N–C) groups is 1. The second kappa shape index (κ2) is 13.0. The van der Waals surface area contributed by atoms with Crippen LogP contribution >= 0.6 is 22.9 Å². The molecular formula is C28H31ClF2N4O6S2. The van der Waals surface area contributed by atoms with E-state index in [0.29, 0.717) is 55.1 Å². The topological polar surface area (TPSA) is 138 Å². The molecule has 2 fully saturated rings. The van der Waals surface area contributed by atoms with Crippen molar-refractivity contribution in [2.24, 2.45) is 16.8 Å². The lowest BCUT2D eigenvalue weighted by atomic mass is 9.86. The van der Waals surface area contributed by atoms with Crippen molar-refractivity contribution in [1.29, 1.82) is 0 Å². The van der Waals surface area contributed by atoms with Crippen molar-refractivity contribution in [3.05, 3.63) is 62.2 Å². The molecule has 5 rings (SSSR count). The Hall–Kier alpha value is -2.94. The predicted molar refractivity (Wildman–Crippen MR) is 156 cm³/mol. The maximum absolute atomic E-state index is 14.6. The number of carboxylic acid groups (broad SMARTS) is 1. The van der Waals surface area contributed by atoms with Crippen LogP contribution in [0, 0.1) is 23.5 Å². The van der Waals surface area contributed by atoms with Gasteiger partial charge in [-0.15, -0.1) is 11.3 Å². The molecule has 2 N–H and O–H groups in total. The van der Waals surface area contributed by atoms with Gasteiger partial charge < -0.3 is 15.2 Å². The van der Waals surface area contributed by atoms with E-state index >= 15 is 0 Å². The van der Waals surface area contributed by atoms with E-state index in [9.17, 15) is 26.8 Å². The van der Waals surface area contributed by atoms with E-state index in [1.54, 1.807) is 11.6 Å². The molecule has 232 valence electrons. The molecule has 1 aromatic carbocycles. The molecule has 1 saturated heterocycles. The summed E-state index contributed by atoms with van der Waals surface area (Å²) in [5.74, 6) is -4.02. The van der Waals surface area contributed by atoms with Gasteiger partial charge in [-0.1, -0.05) is 17.7 Å². The highest BCUT2D eigenvalue weighted by molar-refractivity contribution is 7.89. The molecule has 1 saturated carbocycles. The van der Waals surface area contributed by atoms with E-state index in [1.165, 1.54) is 28.8 Å². The summed E-state index contributed by atoms with van der Waals surface area (Å²) in [6.07, 6.45) is 4.33. The zero-order valence-corrected chi connectivity index (χ0v) is 25.7. The van der Waals surface area contributed by atoms with Crippen molar-refractivity contribution in [2.75, 3.05) is 20.2 Å². The molecule has 1 aliphatic carbocycles. The summed E-state index contributed by atoms with van der Waals surface area (Å²) in [5, 5.41) is 13.5.